The van der Waals surface area contributed by atoms with Crippen molar-refractivity contribution < 1.29 is 0 Å². The number of aromatic nitrogens is 2. The lowest BCUT2D eigenvalue weighted by atomic mass is 10.2. The zero-order valence-electron chi connectivity index (χ0n) is 8.33. The van der Waals surface area contributed by atoms with Gasteiger partial charge in [-0.05, 0) is 19.9 Å². The summed E-state index contributed by atoms with van der Waals surface area (Å²) >= 11 is 0. The van der Waals surface area contributed by atoms with Gasteiger partial charge in [-0.3, -0.25) is 9.97 Å². The molecule has 1 rings (SSSR count). The monoisotopic (exact) mass is 179 g/mol. The molecule has 0 saturated heterocycles. The Kier molecular flexibility index (Phi) is 4.40. The van der Waals surface area contributed by atoms with Gasteiger partial charge in [0.25, 0.3) is 0 Å². The molecule has 0 aliphatic heterocycles. The van der Waals surface area contributed by atoms with Crippen LogP contribution in [0.1, 0.15) is 26.0 Å². The Labute approximate surface area is 79.6 Å². The van der Waals surface area contributed by atoms with Gasteiger partial charge in [0.2, 0.25) is 0 Å². The molecular weight excluding hydrogens is 162 g/mol. The lowest BCUT2D eigenvalue weighted by Gasteiger charge is -2.11. The SMILES string of the molecule is CCCNC(C)Cc1cnccn1. The fraction of sp³-hybridized carbons (Fsp3) is 0.600. The van der Waals surface area contributed by atoms with Crippen LogP contribution >= 0.6 is 0 Å². The molecule has 13 heavy (non-hydrogen) atoms. The second-order valence-corrected chi connectivity index (χ2v) is 3.26. The van der Waals surface area contributed by atoms with E-state index in [9.17, 15) is 0 Å². The van der Waals surface area contributed by atoms with Gasteiger partial charge in [0.1, 0.15) is 0 Å². The summed E-state index contributed by atoms with van der Waals surface area (Å²) in [5.41, 5.74) is 1.05. The van der Waals surface area contributed by atoms with Crippen molar-refractivity contribution in [3.63, 3.8) is 0 Å². The maximum atomic E-state index is 4.22. The summed E-state index contributed by atoms with van der Waals surface area (Å²) < 4.78 is 0. The van der Waals surface area contributed by atoms with E-state index in [4.69, 9.17) is 0 Å². The fourth-order valence-corrected chi connectivity index (χ4v) is 1.21. The van der Waals surface area contributed by atoms with Crippen LogP contribution in [0, 0.1) is 0 Å². The zero-order chi connectivity index (χ0) is 9.52. The minimum absolute atomic E-state index is 0.483. The quantitative estimate of drug-likeness (QED) is 0.742. The van der Waals surface area contributed by atoms with Crippen molar-refractivity contribution in [2.24, 2.45) is 0 Å². The maximum Gasteiger partial charge on any atom is 0.0602 e. The summed E-state index contributed by atoms with van der Waals surface area (Å²) in [6.45, 7) is 5.41. The summed E-state index contributed by atoms with van der Waals surface area (Å²) in [6, 6.07) is 0.483. The summed E-state index contributed by atoms with van der Waals surface area (Å²) in [5, 5.41) is 3.41. The van der Waals surface area contributed by atoms with E-state index >= 15 is 0 Å². The summed E-state index contributed by atoms with van der Waals surface area (Å²) in [6.07, 6.45) is 7.39. The van der Waals surface area contributed by atoms with Crippen molar-refractivity contribution in [2.45, 2.75) is 32.7 Å². The van der Waals surface area contributed by atoms with E-state index in [1.165, 1.54) is 6.42 Å². The Morgan fingerprint density at radius 3 is 2.92 bits per heavy atom. The Morgan fingerprint density at radius 1 is 1.46 bits per heavy atom. The third-order valence-electron chi connectivity index (χ3n) is 1.87. The minimum atomic E-state index is 0.483. The molecule has 3 nitrogen and oxygen atoms in total. The van der Waals surface area contributed by atoms with Crippen molar-refractivity contribution in [3.05, 3.63) is 24.3 Å². The molecule has 1 atom stereocenters. The second-order valence-electron chi connectivity index (χ2n) is 3.26. The average Bonchev–Trinajstić information content (AvgIpc) is 2.16. The Bertz CT molecular complexity index is 223. The lowest BCUT2D eigenvalue weighted by Crippen LogP contribution is -2.28. The molecule has 0 spiro atoms. The number of hydrogen-bond donors (Lipinski definition) is 1. The van der Waals surface area contributed by atoms with Crippen LogP contribution in [0.25, 0.3) is 0 Å². The largest absolute Gasteiger partial charge is 0.314 e. The smallest absolute Gasteiger partial charge is 0.0602 e. The van der Waals surface area contributed by atoms with Gasteiger partial charge < -0.3 is 5.32 Å². The first-order valence-corrected chi connectivity index (χ1v) is 4.81. The van der Waals surface area contributed by atoms with Gasteiger partial charge in [-0.1, -0.05) is 6.92 Å². The highest BCUT2D eigenvalue weighted by molar-refractivity contribution is 4.96. The molecule has 0 fully saturated rings. The number of nitrogens with one attached hydrogen (secondary N) is 1. The van der Waals surface area contributed by atoms with Crippen LogP contribution < -0.4 is 5.32 Å². The third-order valence-corrected chi connectivity index (χ3v) is 1.87. The van der Waals surface area contributed by atoms with Crippen LogP contribution in [0.2, 0.25) is 0 Å². The van der Waals surface area contributed by atoms with Crippen molar-refractivity contribution in [2.75, 3.05) is 6.54 Å². The topological polar surface area (TPSA) is 37.8 Å². The van der Waals surface area contributed by atoms with Gasteiger partial charge >= 0.3 is 0 Å². The van der Waals surface area contributed by atoms with E-state index in [2.05, 4.69) is 29.1 Å². The highest BCUT2D eigenvalue weighted by Crippen LogP contribution is 1.96. The molecule has 1 aromatic heterocycles. The van der Waals surface area contributed by atoms with Crippen LogP contribution in [0.3, 0.4) is 0 Å². The summed E-state index contributed by atoms with van der Waals surface area (Å²) in [5.74, 6) is 0. The lowest BCUT2D eigenvalue weighted by molar-refractivity contribution is 0.538. The van der Waals surface area contributed by atoms with Crippen LogP contribution in [-0.2, 0) is 6.42 Å². The molecule has 72 valence electrons. The van der Waals surface area contributed by atoms with Crippen LogP contribution in [0.5, 0.6) is 0 Å². The van der Waals surface area contributed by atoms with E-state index < -0.39 is 0 Å². The van der Waals surface area contributed by atoms with E-state index in [1.54, 1.807) is 12.4 Å². The van der Waals surface area contributed by atoms with Gasteiger partial charge in [-0.2, -0.15) is 0 Å². The molecule has 0 aromatic carbocycles. The molecule has 0 bridgehead atoms. The molecule has 0 amide bonds. The molecule has 0 saturated carbocycles. The van der Waals surface area contributed by atoms with Gasteiger partial charge in [-0.15, -0.1) is 0 Å². The van der Waals surface area contributed by atoms with Crippen molar-refractivity contribution >= 4 is 0 Å². The molecule has 1 aromatic rings. The van der Waals surface area contributed by atoms with Gasteiger partial charge in [0.15, 0.2) is 0 Å². The normalized spacial score (nSPS) is 12.8. The van der Waals surface area contributed by atoms with Crippen molar-refractivity contribution in [1.29, 1.82) is 0 Å². The maximum absolute atomic E-state index is 4.22. The third kappa shape index (κ3) is 3.99. The standard InChI is InChI=1S/C10H17N3/c1-3-4-12-9(2)7-10-8-11-5-6-13-10/h5-6,8-9,12H,3-4,7H2,1-2H3. The summed E-state index contributed by atoms with van der Waals surface area (Å²) in [7, 11) is 0. The molecule has 1 heterocycles. The zero-order valence-corrected chi connectivity index (χ0v) is 8.33. The second kappa shape index (κ2) is 5.65. The molecule has 0 aliphatic carbocycles. The summed E-state index contributed by atoms with van der Waals surface area (Å²) in [4.78, 5) is 8.25. The van der Waals surface area contributed by atoms with E-state index in [0.717, 1.165) is 18.7 Å². The van der Waals surface area contributed by atoms with Crippen LogP contribution in [-0.4, -0.2) is 22.6 Å². The van der Waals surface area contributed by atoms with Crippen molar-refractivity contribution in [3.8, 4) is 0 Å². The predicted molar refractivity (Wildman–Crippen MR) is 53.5 cm³/mol. The van der Waals surface area contributed by atoms with Crippen molar-refractivity contribution in [1.82, 2.24) is 15.3 Å². The Morgan fingerprint density at radius 2 is 2.31 bits per heavy atom. The molecule has 1 unspecified atom stereocenters. The molecule has 0 aliphatic rings. The van der Waals surface area contributed by atoms with E-state index in [1.807, 2.05) is 6.20 Å². The highest BCUT2D eigenvalue weighted by Gasteiger charge is 2.02. The van der Waals surface area contributed by atoms with Crippen LogP contribution in [0.4, 0.5) is 0 Å². The number of nitrogens with zero attached hydrogens (tertiary/aromatic N) is 2. The Hall–Kier alpha value is -0.960. The minimum Gasteiger partial charge on any atom is -0.314 e. The van der Waals surface area contributed by atoms with Gasteiger partial charge in [0.05, 0.1) is 5.69 Å². The first-order valence-electron chi connectivity index (χ1n) is 4.81. The highest BCUT2D eigenvalue weighted by atomic mass is 14.9. The van der Waals surface area contributed by atoms with E-state index in [0.29, 0.717) is 6.04 Å². The molecule has 0 radical (unpaired) electrons. The number of rotatable bonds is 5. The fourth-order valence-electron chi connectivity index (χ4n) is 1.21. The first-order chi connectivity index (χ1) is 6.33. The van der Waals surface area contributed by atoms with Gasteiger partial charge in [0, 0.05) is 31.1 Å². The Balaban J connectivity index is 2.32. The predicted octanol–water partition coefficient (Wildman–Crippen LogP) is 1.41. The van der Waals surface area contributed by atoms with E-state index in [-0.39, 0.29) is 0 Å². The molecule has 3 heteroatoms. The first kappa shape index (κ1) is 10.1. The number of hydrogen-bond acceptors (Lipinski definition) is 3. The molecular formula is C10H17N3. The van der Waals surface area contributed by atoms with Crippen LogP contribution in [0.15, 0.2) is 18.6 Å². The average molecular weight is 179 g/mol. The van der Waals surface area contributed by atoms with Gasteiger partial charge in [-0.25, -0.2) is 0 Å². The molecule has 1 N–H and O–H groups in total.